The molecule has 1 aliphatic heterocycles. The van der Waals surface area contributed by atoms with Crippen LogP contribution in [-0.2, 0) is 0 Å². The third-order valence-electron chi connectivity index (χ3n) is 1.99. The zero-order valence-electron chi connectivity index (χ0n) is 6.69. The fraction of sp³-hybridized carbons (Fsp3) is 0.333. The van der Waals surface area contributed by atoms with Gasteiger partial charge in [-0.15, -0.1) is 0 Å². The topological polar surface area (TPSA) is 9.23 Å². The maximum Gasteiger partial charge on any atom is 0.142 e. The Morgan fingerprint density at radius 2 is 2.23 bits per heavy atom. The van der Waals surface area contributed by atoms with Gasteiger partial charge in [-0.1, -0.05) is 43.5 Å². The van der Waals surface area contributed by atoms with Crippen molar-refractivity contribution in [3.63, 3.8) is 0 Å². The molecule has 0 bridgehead atoms. The van der Waals surface area contributed by atoms with Crippen molar-refractivity contribution in [2.24, 2.45) is 0 Å². The second kappa shape index (κ2) is 3.79. The molecule has 0 fully saturated rings. The highest BCUT2D eigenvalue weighted by Crippen LogP contribution is 2.43. The maximum atomic E-state index is 6.04. The van der Waals surface area contributed by atoms with E-state index >= 15 is 0 Å². The molecule has 0 saturated heterocycles. The molecule has 0 saturated carbocycles. The summed E-state index contributed by atoms with van der Waals surface area (Å²) in [6.45, 7) is 0.726. The normalized spacial score (nSPS) is 20.7. The van der Waals surface area contributed by atoms with Crippen LogP contribution in [0.2, 0.25) is 5.02 Å². The largest absolute Gasteiger partial charge is 0.492 e. The van der Waals surface area contributed by atoms with Crippen LogP contribution in [0.1, 0.15) is 16.8 Å². The van der Waals surface area contributed by atoms with Crippen LogP contribution in [0.5, 0.6) is 5.75 Å². The molecule has 70 valence electrons. The molecule has 0 aliphatic carbocycles. The van der Waals surface area contributed by atoms with Crippen LogP contribution in [0, 0.1) is 0 Å². The summed E-state index contributed by atoms with van der Waals surface area (Å²) >= 11 is 13.0. The lowest BCUT2D eigenvalue weighted by Gasteiger charge is -2.22. The Morgan fingerprint density at radius 1 is 1.46 bits per heavy atom. The van der Waals surface area contributed by atoms with Crippen LogP contribution in [0.15, 0.2) is 16.6 Å². The Morgan fingerprint density at radius 3 is 3.00 bits per heavy atom. The molecular formula is C9H7Br2ClO. The summed E-state index contributed by atoms with van der Waals surface area (Å²) < 4.78 is 6.49. The summed E-state index contributed by atoms with van der Waals surface area (Å²) in [5, 5.41) is 0.675. The third-order valence-corrected chi connectivity index (χ3v) is 3.68. The molecule has 0 spiro atoms. The van der Waals surface area contributed by atoms with Crippen molar-refractivity contribution in [1.29, 1.82) is 0 Å². The average molecular weight is 326 g/mol. The third kappa shape index (κ3) is 1.88. The van der Waals surface area contributed by atoms with E-state index < -0.39 is 0 Å². The minimum Gasteiger partial charge on any atom is -0.492 e. The van der Waals surface area contributed by atoms with Gasteiger partial charge in [-0.05, 0) is 18.6 Å². The number of hydrogen-bond acceptors (Lipinski definition) is 1. The molecular weight excluding hydrogens is 319 g/mol. The number of alkyl halides is 1. The molecule has 13 heavy (non-hydrogen) atoms. The summed E-state index contributed by atoms with van der Waals surface area (Å²) in [5.41, 5.74) is 1.13. The summed E-state index contributed by atoms with van der Waals surface area (Å²) in [6.07, 6.45) is 0.986. The summed E-state index contributed by atoms with van der Waals surface area (Å²) in [6, 6.07) is 3.89. The number of fused-ring (bicyclic) bond motifs is 1. The smallest absolute Gasteiger partial charge is 0.142 e. The summed E-state index contributed by atoms with van der Waals surface area (Å²) in [5.74, 6) is 0.818. The van der Waals surface area contributed by atoms with E-state index in [2.05, 4.69) is 31.9 Å². The summed E-state index contributed by atoms with van der Waals surface area (Å²) in [7, 11) is 0. The van der Waals surface area contributed by atoms with E-state index in [1.54, 1.807) is 0 Å². The first kappa shape index (κ1) is 9.81. The van der Waals surface area contributed by atoms with Crippen LogP contribution in [0.4, 0.5) is 0 Å². The van der Waals surface area contributed by atoms with Gasteiger partial charge in [0.1, 0.15) is 5.75 Å². The van der Waals surface area contributed by atoms with Crippen molar-refractivity contribution in [2.45, 2.75) is 11.2 Å². The second-order valence-corrected chi connectivity index (χ2v) is 5.34. The molecule has 0 N–H and O–H groups in total. The van der Waals surface area contributed by atoms with Crippen LogP contribution in [0.3, 0.4) is 0 Å². The van der Waals surface area contributed by atoms with Crippen LogP contribution < -0.4 is 4.74 Å². The van der Waals surface area contributed by atoms with Gasteiger partial charge in [0.15, 0.2) is 0 Å². The van der Waals surface area contributed by atoms with Gasteiger partial charge in [0.25, 0.3) is 0 Å². The van der Waals surface area contributed by atoms with Crippen molar-refractivity contribution in [3.05, 3.63) is 27.2 Å². The van der Waals surface area contributed by atoms with Crippen molar-refractivity contribution in [3.8, 4) is 5.75 Å². The molecule has 1 aromatic rings. The number of halogens is 3. The van der Waals surface area contributed by atoms with E-state index in [9.17, 15) is 0 Å². The van der Waals surface area contributed by atoms with Gasteiger partial charge in [0, 0.05) is 14.9 Å². The first-order chi connectivity index (χ1) is 6.18. The highest BCUT2D eigenvalue weighted by atomic mass is 79.9. The van der Waals surface area contributed by atoms with Gasteiger partial charge in [0.2, 0.25) is 0 Å². The standard InChI is InChI=1S/C9H7Br2ClO/c10-5-3-6-7(11)1-2-13-9(6)8(12)4-5/h3-4,7H,1-2H2. The van der Waals surface area contributed by atoms with E-state index in [1.165, 1.54) is 0 Å². The van der Waals surface area contributed by atoms with Gasteiger partial charge >= 0.3 is 0 Å². The molecule has 1 aliphatic rings. The Balaban J connectivity index is 2.56. The Hall–Kier alpha value is 0.270. The molecule has 1 nitrogen and oxygen atoms in total. The number of benzene rings is 1. The van der Waals surface area contributed by atoms with E-state index in [0.29, 0.717) is 9.85 Å². The Kier molecular flexibility index (Phi) is 2.86. The molecule has 1 heterocycles. The first-order valence-corrected chi connectivity index (χ1v) is 6.03. The van der Waals surface area contributed by atoms with E-state index in [4.69, 9.17) is 16.3 Å². The molecule has 0 amide bonds. The maximum absolute atomic E-state index is 6.04. The fourth-order valence-electron chi connectivity index (χ4n) is 1.39. The van der Waals surface area contributed by atoms with Crippen molar-refractivity contribution in [1.82, 2.24) is 0 Å². The molecule has 4 heteroatoms. The number of rotatable bonds is 0. The van der Waals surface area contributed by atoms with Crippen LogP contribution >= 0.6 is 43.5 Å². The van der Waals surface area contributed by atoms with E-state index in [1.807, 2.05) is 12.1 Å². The number of ether oxygens (including phenoxy) is 1. The lowest BCUT2D eigenvalue weighted by Crippen LogP contribution is -2.10. The number of hydrogen-bond donors (Lipinski definition) is 0. The van der Waals surface area contributed by atoms with Crippen molar-refractivity contribution < 1.29 is 4.74 Å². The minimum atomic E-state index is 0.353. The van der Waals surface area contributed by atoms with Crippen LogP contribution in [0.25, 0.3) is 0 Å². The lowest BCUT2D eigenvalue weighted by molar-refractivity contribution is 0.287. The van der Waals surface area contributed by atoms with Gasteiger partial charge < -0.3 is 4.74 Å². The molecule has 0 radical (unpaired) electrons. The highest BCUT2D eigenvalue weighted by Gasteiger charge is 2.21. The lowest BCUT2D eigenvalue weighted by atomic mass is 10.1. The predicted molar refractivity (Wildman–Crippen MR) is 60.9 cm³/mol. The molecule has 0 aromatic heterocycles. The Labute approximate surface area is 98.7 Å². The average Bonchev–Trinajstić information content (AvgIpc) is 2.07. The van der Waals surface area contributed by atoms with Crippen molar-refractivity contribution in [2.75, 3.05) is 6.61 Å². The molecule has 1 aromatic carbocycles. The Bertz CT molecular complexity index is 341. The first-order valence-electron chi connectivity index (χ1n) is 3.94. The minimum absolute atomic E-state index is 0.353. The zero-order valence-corrected chi connectivity index (χ0v) is 10.6. The SMILES string of the molecule is Clc1cc(Br)cc2c1OCCC2Br. The highest BCUT2D eigenvalue weighted by molar-refractivity contribution is 9.10. The molecule has 1 unspecified atom stereocenters. The second-order valence-electron chi connectivity index (χ2n) is 2.91. The van der Waals surface area contributed by atoms with Crippen molar-refractivity contribution >= 4 is 43.5 Å². The summed E-state index contributed by atoms with van der Waals surface area (Å²) in [4.78, 5) is 0.353. The quantitative estimate of drug-likeness (QED) is 0.645. The van der Waals surface area contributed by atoms with Gasteiger partial charge in [-0.25, -0.2) is 0 Å². The zero-order chi connectivity index (χ0) is 9.42. The van der Waals surface area contributed by atoms with Gasteiger partial charge in [-0.3, -0.25) is 0 Å². The van der Waals surface area contributed by atoms with E-state index in [-0.39, 0.29) is 0 Å². The van der Waals surface area contributed by atoms with Gasteiger partial charge in [-0.2, -0.15) is 0 Å². The van der Waals surface area contributed by atoms with Crippen LogP contribution in [-0.4, -0.2) is 6.61 Å². The van der Waals surface area contributed by atoms with E-state index in [0.717, 1.165) is 28.8 Å². The molecule has 1 atom stereocenters. The predicted octanol–water partition coefficient (Wildman–Crippen LogP) is 4.32. The monoisotopic (exact) mass is 324 g/mol. The fourth-order valence-corrected chi connectivity index (χ4v) is 2.80. The molecule has 2 rings (SSSR count). The van der Waals surface area contributed by atoms with Gasteiger partial charge in [0.05, 0.1) is 11.6 Å².